The smallest absolute Gasteiger partial charge is 0.323 e. The van der Waals surface area contributed by atoms with Gasteiger partial charge in [-0.25, -0.2) is 13.6 Å². The van der Waals surface area contributed by atoms with Gasteiger partial charge in [-0.15, -0.1) is 10.2 Å². The van der Waals surface area contributed by atoms with E-state index in [0.717, 1.165) is 49.4 Å². The minimum absolute atomic E-state index is 0.460. The van der Waals surface area contributed by atoms with Crippen LogP contribution in [0.2, 0.25) is 0 Å². The van der Waals surface area contributed by atoms with Gasteiger partial charge < -0.3 is 15.5 Å². The third-order valence-corrected chi connectivity index (χ3v) is 4.70. The lowest BCUT2D eigenvalue weighted by Gasteiger charge is -2.15. The van der Waals surface area contributed by atoms with Crippen LogP contribution in [-0.2, 0) is 0 Å². The standard InChI is InChI=1S/C21H19F2N5O/c22-16-7-4-8-17(23)20(16)25-21(29)24-15-6-3-5-14(13-15)18-9-10-19(27-26-18)28-11-1-2-12-28/h3-10,13H,1-2,11-12H2,(H2,24,25,29). The van der Waals surface area contributed by atoms with Gasteiger partial charge in [0.1, 0.15) is 17.3 Å². The van der Waals surface area contributed by atoms with Crippen molar-refractivity contribution in [1.29, 1.82) is 0 Å². The molecule has 2 aromatic carbocycles. The van der Waals surface area contributed by atoms with Crippen molar-refractivity contribution in [3.63, 3.8) is 0 Å². The Hall–Kier alpha value is -3.55. The van der Waals surface area contributed by atoms with Gasteiger partial charge in [0, 0.05) is 24.3 Å². The fourth-order valence-electron chi connectivity index (χ4n) is 3.24. The molecule has 0 saturated carbocycles. The molecule has 0 aliphatic carbocycles. The van der Waals surface area contributed by atoms with Gasteiger partial charge in [-0.1, -0.05) is 18.2 Å². The minimum Gasteiger partial charge on any atom is -0.355 e. The normalized spacial score (nSPS) is 13.4. The Morgan fingerprint density at radius 3 is 2.31 bits per heavy atom. The highest BCUT2D eigenvalue weighted by atomic mass is 19.1. The number of urea groups is 1. The first-order valence-corrected chi connectivity index (χ1v) is 9.31. The van der Waals surface area contributed by atoms with Crippen molar-refractivity contribution in [3.05, 3.63) is 66.2 Å². The molecule has 0 atom stereocenters. The minimum atomic E-state index is -0.845. The van der Waals surface area contributed by atoms with Crippen LogP contribution in [0.15, 0.2) is 54.6 Å². The second kappa shape index (κ2) is 8.22. The first kappa shape index (κ1) is 18.8. The van der Waals surface area contributed by atoms with E-state index < -0.39 is 23.4 Å². The molecule has 0 spiro atoms. The Morgan fingerprint density at radius 1 is 0.897 bits per heavy atom. The van der Waals surface area contributed by atoms with Crippen LogP contribution in [0.4, 0.5) is 30.8 Å². The van der Waals surface area contributed by atoms with E-state index in [1.807, 2.05) is 18.2 Å². The molecular formula is C21H19F2N5O. The third-order valence-electron chi connectivity index (χ3n) is 4.70. The summed E-state index contributed by atoms with van der Waals surface area (Å²) in [6, 6.07) is 13.4. The highest BCUT2D eigenvalue weighted by Crippen LogP contribution is 2.24. The summed E-state index contributed by atoms with van der Waals surface area (Å²) in [5, 5.41) is 13.3. The molecule has 1 aliphatic heterocycles. The summed E-state index contributed by atoms with van der Waals surface area (Å²) in [6.07, 6.45) is 2.33. The van der Waals surface area contributed by atoms with Crippen LogP contribution in [0.5, 0.6) is 0 Å². The van der Waals surface area contributed by atoms with Gasteiger partial charge in [0.05, 0.1) is 5.69 Å². The maximum Gasteiger partial charge on any atom is 0.323 e. The highest BCUT2D eigenvalue weighted by Gasteiger charge is 2.15. The first-order valence-electron chi connectivity index (χ1n) is 9.31. The Kier molecular flexibility index (Phi) is 5.33. The molecule has 0 radical (unpaired) electrons. The monoisotopic (exact) mass is 395 g/mol. The molecule has 1 saturated heterocycles. The van der Waals surface area contributed by atoms with Gasteiger partial charge in [0.2, 0.25) is 0 Å². The summed E-state index contributed by atoms with van der Waals surface area (Å²) in [5.41, 5.74) is 1.39. The maximum atomic E-state index is 13.7. The Morgan fingerprint density at radius 2 is 1.62 bits per heavy atom. The molecule has 6 nitrogen and oxygen atoms in total. The van der Waals surface area contributed by atoms with Gasteiger partial charge in [-0.2, -0.15) is 0 Å². The van der Waals surface area contributed by atoms with E-state index in [1.54, 1.807) is 18.2 Å². The summed E-state index contributed by atoms with van der Waals surface area (Å²) >= 11 is 0. The fraction of sp³-hybridized carbons (Fsp3) is 0.190. The number of rotatable bonds is 4. The third kappa shape index (κ3) is 4.31. The lowest BCUT2D eigenvalue weighted by atomic mass is 10.1. The summed E-state index contributed by atoms with van der Waals surface area (Å²) < 4.78 is 27.4. The predicted molar refractivity (Wildman–Crippen MR) is 108 cm³/mol. The van der Waals surface area contributed by atoms with Gasteiger partial charge in [0.25, 0.3) is 0 Å². The number of nitrogens with one attached hydrogen (secondary N) is 2. The second-order valence-corrected chi connectivity index (χ2v) is 6.73. The molecule has 4 rings (SSSR count). The number of carbonyl (C=O) groups excluding carboxylic acids is 1. The maximum absolute atomic E-state index is 13.7. The number of para-hydroxylation sites is 1. The lowest BCUT2D eigenvalue weighted by Crippen LogP contribution is -2.21. The Bertz CT molecular complexity index is 1000. The molecule has 1 aliphatic rings. The van der Waals surface area contributed by atoms with Gasteiger partial charge in [-0.05, 0) is 49.2 Å². The predicted octanol–water partition coefficient (Wildman–Crippen LogP) is 4.67. The molecule has 0 unspecified atom stereocenters. The molecule has 3 aromatic rings. The van der Waals surface area contributed by atoms with Crippen molar-refractivity contribution in [1.82, 2.24) is 10.2 Å². The van der Waals surface area contributed by atoms with Gasteiger partial charge in [-0.3, -0.25) is 0 Å². The molecular weight excluding hydrogens is 376 g/mol. The van der Waals surface area contributed by atoms with Crippen LogP contribution in [0, 0.1) is 11.6 Å². The van der Waals surface area contributed by atoms with E-state index in [2.05, 4.69) is 25.7 Å². The zero-order valence-electron chi connectivity index (χ0n) is 15.5. The second-order valence-electron chi connectivity index (χ2n) is 6.73. The first-order chi connectivity index (χ1) is 14.1. The number of hydrogen-bond donors (Lipinski definition) is 2. The van der Waals surface area contributed by atoms with Crippen LogP contribution < -0.4 is 15.5 Å². The molecule has 0 bridgehead atoms. The topological polar surface area (TPSA) is 70.2 Å². The van der Waals surface area contributed by atoms with Crippen LogP contribution in [0.3, 0.4) is 0 Å². The average Bonchev–Trinajstić information content (AvgIpc) is 3.26. The highest BCUT2D eigenvalue weighted by molar-refractivity contribution is 6.00. The zero-order valence-corrected chi connectivity index (χ0v) is 15.5. The Labute approximate surface area is 166 Å². The molecule has 29 heavy (non-hydrogen) atoms. The van der Waals surface area contributed by atoms with Crippen LogP contribution >= 0.6 is 0 Å². The van der Waals surface area contributed by atoms with Crippen LogP contribution in [0.25, 0.3) is 11.3 Å². The molecule has 148 valence electrons. The van der Waals surface area contributed by atoms with Crippen LogP contribution in [-0.4, -0.2) is 29.3 Å². The number of halogens is 2. The molecule has 8 heteroatoms. The zero-order chi connectivity index (χ0) is 20.2. The SMILES string of the molecule is O=C(Nc1cccc(-c2ccc(N3CCCC3)nn2)c1)Nc1c(F)cccc1F. The molecule has 1 fully saturated rings. The summed E-state index contributed by atoms with van der Waals surface area (Å²) in [5.74, 6) is -0.837. The molecule has 1 aromatic heterocycles. The van der Waals surface area contributed by atoms with Crippen molar-refractivity contribution in [3.8, 4) is 11.3 Å². The average molecular weight is 395 g/mol. The van der Waals surface area contributed by atoms with Crippen molar-refractivity contribution < 1.29 is 13.6 Å². The fourth-order valence-corrected chi connectivity index (χ4v) is 3.24. The summed E-state index contributed by atoms with van der Waals surface area (Å²) in [6.45, 7) is 1.98. The molecule has 2 amide bonds. The van der Waals surface area contributed by atoms with E-state index in [-0.39, 0.29) is 0 Å². The number of nitrogens with zero attached hydrogens (tertiary/aromatic N) is 3. The van der Waals surface area contributed by atoms with Crippen molar-refractivity contribution in [2.75, 3.05) is 28.6 Å². The number of benzene rings is 2. The van der Waals surface area contributed by atoms with Crippen molar-refractivity contribution in [2.45, 2.75) is 12.8 Å². The van der Waals surface area contributed by atoms with E-state index >= 15 is 0 Å². The van der Waals surface area contributed by atoms with Crippen LogP contribution in [0.1, 0.15) is 12.8 Å². The van der Waals surface area contributed by atoms with Crippen molar-refractivity contribution in [2.24, 2.45) is 0 Å². The van der Waals surface area contributed by atoms with Crippen molar-refractivity contribution >= 4 is 23.2 Å². The number of hydrogen-bond acceptors (Lipinski definition) is 4. The summed E-state index contributed by atoms with van der Waals surface area (Å²) in [4.78, 5) is 14.3. The van der Waals surface area contributed by atoms with E-state index in [4.69, 9.17) is 0 Å². The van der Waals surface area contributed by atoms with E-state index in [0.29, 0.717) is 11.4 Å². The largest absolute Gasteiger partial charge is 0.355 e. The Balaban J connectivity index is 1.46. The van der Waals surface area contributed by atoms with Gasteiger partial charge >= 0.3 is 6.03 Å². The number of anilines is 3. The lowest BCUT2D eigenvalue weighted by molar-refractivity contribution is 0.262. The van der Waals surface area contributed by atoms with Gasteiger partial charge in [0.15, 0.2) is 5.82 Å². The molecule has 2 heterocycles. The quantitative estimate of drug-likeness (QED) is 0.674. The number of amides is 2. The molecule has 2 N–H and O–H groups in total. The summed E-state index contributed by atoms with van der Waals surface area (Å²) in [7, 11) is 0. The van der Waals surface area contributed by atoms with E-state index in [9.17, 15) is 13.6 Å². The van der Waals surface area contributed by atoms with E-state index in [1.165, 1.54) is 6.07 Å². The number of aromatic nitrogens is 2. The number of carbonyl (C=O) groups is 1.